The Morgan fingerprint density at radius 3 is 2.55 bits per heavy atom. The van der Waals surface area contributed by atoms with Gasteiger partial charge in [0.05, 0.1) is 5.69 Å². The maximum absolute atomic E-state index is 11.9. The van der Waals surface area contributed by atoms with Crippen molar-refractivity contribution in [3.63, 3.8) is 0 Å². The Kier molecular flexibility index (Phi) is 5.60. The van der Waals surface area contributed by atoms with Gasteiger partial charge in [0.1, 0.15) is 11.4 Å². The lowest BCUT2D eigenvalue weighted by Gasteiger charge is -2.24. The van der Waals surface area contributed by atoms with Crippen molar-refractivity contribution in [3.8, 4) is 0 Å². The Morgan fingerprint density at radius 2 is 2.10 bits per heavy atom. The Balaban J connectivity index is 2.62. The molecule has 0 aromatic carbocycles. The molecule has 0 spiro atoms. The third kappa shape index (κ3) is 6.59. The topological polar surface area (TPSA) is 64.4 Å². The van der Waals surface area contributed by atoms with Crippen LogP contribution in [0.2, 0.25) is 0 Å². The number of nitrogens with one attached hydrogen (secondary N) is 1. The van der Waals surface area contributed by atoms with Crippen molar-refractivity contribution in [2.45, 2.75) is 66.0 Å². The number of alkyl carbamates (subject to hydrolysis) is 1. The van der Waals surface area contributed by atoms with E-state index in [9.17, 15) is 4.79 Å². The molecule has 0 radical (unpaired) electrons. The first-order valence-corrected chi connectivity index (χ1v) is 7.07. The summed E-state index contributed by atoms with van der Waals surface area (Å²) in [4.78, 5) is 11.9. The second kappa shape index (κ2) is 6.77. The van der Waals surface area contributed by atoms with Crippen LogP contribution in [0.5, 0.6) is 0 Å². The molecule has 0 aliphatic carbocycles. The van der Waals surface area contributed by atoms with Crippen molar-refractivity contribution in [1.29, 1.82) is 0 Å². The Hall–Kier alpha value is -1.52. The zero-order chi connectivity index (χ0) is 15.3. The molecule has 0 fully saturated rings. The van der Waals surface area contributed by atoms with Crippen LogP contribution in [0.15, 0.2) is 10.6 Å². The summed E-state index contributed by atoms with van der Waals surface area (Å²) >= 11 is 0. The fourth-order valence-corrected chi connectivity index (χ4v) is 2.00. The van der Waals surface area contributed by atoms with Gasteiger partial charge in [0, 0.05) is 18.5 Å². The van der Waals surface area contributed by atoms with E-state index in [2.05, 4.69) is 24.3 Å². The van der Waals surface area contributed by atoms with E-state index < -0.39 is 5.60 Å². The van der Waals surface area contributed by atoms with Crippen LogP contribution in [0.25, 0.3) is 0 Å². The molecular weight excluding hydrogens is 256 g/mol. The fourth-order valence-electron chi connectivity index (χ4n) is 2.00. The molecule has 0 saturated carbocycles. The van der Waals surface area contributed by atoms with E-state index in [1.807, 2.05) is 33.8 Å². The summed E-state index contributed by atoms with van der Waals surface area (Å²) in [7, 11) is 0. The summed E-state index contributed by atoms with van der Waals surface area (Å²) in [5.74, 6) is 1.25. The van der Waals surface area contributed by atoms with Gasteiger partial charge in [-0.25, -0.2) is 4.79 Å². The van der Waals surface area contributed by atoms with Crippen LogP contribution in [-0.4, -0.2) is 22.9 Å². The molecule has 1 rings (SSSR count). The summed E-state index contributed by atoms with van der Waals surface area (Å²) in [6, 6.07) is 1.89. The van der Waals surface area contributed by atoms with E-state index in [1.165, 1.54) is 0 Å². The number of carbonyl (C=O) groups excluding carboxylic acids is 1. The standard InChI is InChI=1S/C15H26N2O3/c1-10(2)7-12(9-13-8-11(3)20-17-13)16-14(18)19-15(4,5)6/h8,10,12H,7,9H2,1-6H3,(H,16,18)/t12-/m0/s1. The number of aryl methyl sites for hydroxylation is 1. The van der Waals surface area contributed by atoms with Crippen molar-refractivity contribution < 1.29 is 14.1 Å². The van der Waals surface area contributed by atoms with Gasteiger partial charge in [0.15, 0.2) is 0 Å². The average Bonchev–Trinajstić information content (AvgIpc) is 2.59. The van der Waals surface area contributed by atoms with Crippen LogP contribution < -0.4 is 5.32 Å². The first-order chi connectivity index (χ1) is 9.15. The quantitative estimate of drug-likeness (QED) is 0.898. The van der Waals surface area contributed by atoms with Crippen molar-refractivity contribution >= 4 is 6.09 Å². The predicted octanol–water partition coefficient (Wildman–Crippen LogP) is 3.46. The first-order valence-electron chi connectivity index (χ1n) is 7.07. The third-order valence-electron chi connectivity index (χ3n) is 2.61. The number of amides is 1. The van der Waals surface area contributed by atoms with Gasteiger partial charge in [-0.15, -0.1) is 0 Å². The van der Waals surface area contributed by atoms with Crippen molar-refractivity contribution in [2.24, 2.45) is 5.92 Å². The number of ether oxygens (including phenoxy) is 1. The van der Waals surface area contributed by atoms with Gasteiger partial charge in [-0.2, -0.15) is 0 Å². The van der Waals surface area contributed by atoms with Gasteiger partial charge >= 0.3 is 6.09 Å². The number of carbonyl (C=O) groups is 1. The second-order valence-electron chi connectivity index (χ2n) is 6.61. The Morgan fingerprint density at radius 1 is 1.45 bits per heavy atom. The normalized spacial score (nSPS) is 13.3. The van der Waals surface area contributed by atoms with Crippen LogP contribution >= 0.6 is 0 Å². The van der Waals surface area contributed by atoms with Gasteiger partial charge in [0.25, 0.3) is 0 Å². The molecule has 5 nitrogen and oxygen atoms in total. The van der Waals surface area contributed by atoms with Crippen LogP contribution in [0.4, 0.5) is 4.79 Å². The maximum Gasteiger partial charge on any atom is 0.407 e. The van der Waals surface area contributed by atoms with Gasteiger partial charge in [0.2, 0.25) is 0 Å². The minimum atomic E-state index is -0.489. The number of nitrogens with zero attached hydrogens (tertiary/aromatic N) is 1. The fraction of sp³-hybridized carbons (Fsp3) is 0.733. The van der Waals surface area contributed by atoms with Crippen LogP contribution in [-0.2, 0) is 11.2 Å². The smallest absolute Gasteiger partial charge is 0.407 e. The van der Waals surface area contributed by atoms with E-state index >= 15 is 0 Å². The maximum atomic E-state index is 11.9. The molecule has 0 bridgehead atoms. The molecule has 1 aromatic rings. The van der Waals surface area contributed by atoms with Gasteiger partial charge in [-0.05, 0) is 40.0 Å². The van der Waals surface area contributed by atoms with Crippen molar-refractivity contribution in [2.75, 3.05) is 0 Å². The zero-order valence-corrected chi connectivity index (χ0v) is 13.3. The van der Waals surface area contributed by atoms with Gasteiger partial charge in [-0.1, -0.05) is 19.0 Å². The van der Waals surface area contributed by atoms with E-state index in [0.29, 0.717) is 12.3 Å². The van der Waals surface area contributed by atoms with Gasteiger partial charge < -0.3 is 14.6 Å². The third-order valence-corrected chi connectivity index (χ3v) is 2.61. The minimum Gasteiger partial charge on any atom is -0.444 e. The monoisotopic (exact) mass is 282 g/mol. The molecular formula is C15H26N2O3. The van der Waals surface area contributed by atoms with Crippen LogP contribution in [0, 0.1) is 12.8 Å². The molecule has 0 saturated heterocycles. The number of hydrogen-bond acceptors (Lipinski definition) is 4. The van der Waals surface area contributed by atoms with E-state index in [0.717, 1.165) is 17.9 Å². The highest BCUT2D eigenvalue weighted by Gasteiger charge is 2.21. The highest BCUT2D eigenvalue weighted by atomic mass is 16.6. The molecule has 5 heteroatoms. The number of aromatic nitrogens is 1. The molecule has 0 aliphatic rings. The summed E-state index contributed by atoms with van der Waals surface area (Å²) in [6.45, 7) is 11.7. The van der Waals surface area contributed by atoms with E-state index in [1.54, 1.807) is 0 Å². The Labute approximate surface area is 121 Å². The summed E-state index contributed by atoms with van der Waals surface area (Å²) in [5, 5.41) is 6.90. The van der Waals surface area contributed by atoms with Crippen molar-refractivity contribution in [3.05, 3.63) is 17.5 Å². The zero-order valence-electron chi connectivity index (χ0n) is 13.3. The molecule has 1 amide bonds. The second-order valence-corrected chi connectivity index (χ2v) is 6.61. The molecule has 0 aliphatic heterocycles. The molecule has 1 atom stereocenters. The van der Waals surface area contributed by atoms with Gasteiger partial charge in [-0.3, -0.25) is 0 Å². The highest BCUT2D eigenvalue weighted by molar-refractivity contribution is 5.68. The largest absolute Gasteiger partial charge is 0.444 e. The average molecular weight is 282 g/mol. The number of hydrogen-bond donors (Lipinski definition) is 1. The van der Waals surface area contributed by atoms with Crippen molar-refractivity contribution in [1.82, 2.24) is 10.5 Å². The first kappa shape index (κ1) is 16.5. The molecule has 20 heavy (non-hydrogen) atoms. The lowest BCUT2D eigenvalue weighted by molar-refractivity contribution is 0.0498. The number of rotatable bonds is 5. The SMILES string of the molecule is Cc1cc(C[C@H](CC(C)C)NC(=O)OC(C)(C)C)no1. The summed E-state index contributed by atoms with van der Waals surface area (Å²) in [6.07, 6.45) is 1.13. The van der Waals surface area contributed by atoms with Crippen LogP contribution in [0.1, 0.15) is 52.5 Å². The molecule has 1 aromatic heterocycles. The predicted molar refractivity (Wildman–Crippen MR) is 77.6 cm³/mol. The highest BCUT2D eigenvalue weighted by Crippen LogP contribution is 2.13. The lowest BCUT2D eigenvalue weighted by atomic mass is 10.00. The molecule has 1 heterocycles. The minimum absolute atomic E-state index is 0.00523. The summed E-state index contributed by atoms with van der Waals surface area (Å²) < 4.78 is 10.4. The van der Waals surface area contributed by atoms with Crippen LogP contribution in [0.3, 0.4) is 0 Å². The molecule has 0 unspecified atom stereocenters. The lowest BCUT2D eigenvalue weighted by Crippen LogP contribution is -2.41. The molecule has 1 N–H and O–H groups in total. The molecule has 114 valence electrons. The van der Waals surface area contributed by atoms with E-state index in [4.69, 9.17) is 9.26 Å². The van der Waals surface area contributed by atoms with E-state index in [-0.39, 0.29) is 12.1 Å². The Bertz CT molecular complexity index is 433. The summed E-state index contributed by atoms with van der Waals surface area (Å²) in [5.41, 5.74) is 0.362.